The van der Waals surface area contributed by atoms with Crippen molar-refractivity contribution in [3.8, 4) is 5.75 Å². The average Bonchev–Trinajstić information content (AvgIpc) is 3.30. The molecular formula is C25H26N2O4S2. The summed E-state index contributed by atoms with van der Waals surface area (Å²) >= 11 is 2.92. The smallest absolute Gasteiger partial charge is 0.338 e. The number of rotatable bonds is 6. The van der Waals surface area contributed by atoms with Gasteiger partial charge in [-0.2, -0.15) is 0 Å². The van der Waals surface area contributed by atoms with Crippen molar-refractivity contribution in [2.24, 2.45) is 4.99 Å². The Bertz CT molecular complexity index is 1390. The molecule has 1 aromatic carbocycles. The van der Waals surface area contributed by atoms with E-state index in [1.807, 2.05) is 55.6 Å². The quantitative estimate of drug-likeness (QED) is 0.499. The summed E-state index contributed by atoms with van der Waals surface area (Å²) < 4.78 is 13.3. The number of carbonyl (C=O) groups excluding carboxylic acids is 1. The number of allylic oxidation sites excluding steroid dienone is 1. The lowest BCUT2D eigenvalue weighted by molar-refractivity contribution is -0.143. The molecule has 33 heavy (non-hydrogen) atoms. The first-order chi connectivity index (χ1) is 15.8. The number of aryl methyl sites for hydroxylation is 1. The van der Waals surface area contributed by atoms with E-state index in [9.17, 15) is 9.59 Å². The highest BCUT2D eigenvalue weighted by molar-refractivity contribution is 7.11. The summed E-state index contributed by atoms with van der Waals surface area (Å²) in [5.74, 6) is 0.266. The summed E-state index contributed by atoms with van der Waals surface area (Å²) in [6.07, 6.45) is 1.62. The fourth-order valence-corrected chi connectivity index (χ4v) is 5.70. The fourth-order valence-electron chi connectivity index (χ4n) is 3.74. The Kier molecular flexibility index (Phi) is 6.67. The number of thiazole rings is 1. The minimum absolute atomic E-state index is 0.173. The van der Waals surface area contributed by atoms with Gasteiger partial charge in [0.1, 0.15) is 5.75 Å². The molecule has 0 bridgehead atoms. The molecule has 4 rings (SSSR count). The highest BCUT2D eigenvalue weighted by atomic mass is 32.1. The van der Waals surface area contributed by atoms with Gasteiger partial charge in [0.15, 0.2) is 4.80 Å². The summed E-state index contributed by atoms with van der Waals surface area (Å²) in [6.45, 7) is 9.90. The molecule has 1 aliphatic heterocycles. The molecule has 0 saturated carbocycles. The number of fused-ring (bicyclic) bond motifs is 1. The standard InChI is InChI=1S/C25H26N2O4S2/c1-6-30-18-9-7-17(8-10-18)22-21(24(29)31-14(2)3)16(5)26-25-27(22)23(28)20(33-25)13-19-15(4)11-12-32-19/h7-14,22H,6H2,1-5H3/b20-13+/t22-/m1/s1. The fraction of sp³-hybridized carbons (Fsp3) is 0.320. The second-order valence-corrected chi connectivity index (χ2v) is 9.96. The van der Waals surface area contributed by atoms with Crippen molar-refractivity contribution < 1.29 is 14.3 Å². The van der Waals surface area contributed by atoms with E-state index >= 15 is 0 Å². The molecule has 1 aliphatic rings. The first-order valence-corrected chi connectivity index (χ1v) is 12.5. The third kappa shape index (κ3) is 4.58. The van der Waals surface area contributed by atoms with E-state index in [4.69, 9.17) is 9.47 Å². The zero-order valence-corrected chi connectivity index (χ0v) is 20.9. The molecular weight excluding hydrogens is 456 g/mol. The lowest BCUT2D eigenvalue weighted by Crippen LogP contribution is -2.40. The monoisotopic (exact) mass is 482 g/mol. The van der Waals surface area contributed by atoms with Crippen LogP contribution in [0.25, 0.3) is 6.08 Å². The molecule has 2 aromatic heterocycles. The van der Waals surface area contributed by atoms with Crippen molar-refractivity contribution in [1.82, 2.24) is 4.57 Å². The number of nitrogens with zero attached hydrogens (tertiary/aromatic N) is 2. The molecule has 0 saturated heterocycles. The molecule has 0 N–H and O–H groups in total. The van der Waals surface area contributed by atoms with Crippen molar-refractivity contribution in [2.45, 2.75) is 46.8 Å². The molecule has 0 spiro atoms. The summed E-state index contributed by atoms with van der Waals surface area (Å²) in [7, 11) is 0. The van der Waals surface area contributed by atoms with E-state index in [0.717, 1.165) is 21.8 Å². The Hall–Kier alpha value is -2.97. The number of hydrogen-bond acceptors (Lipinski definition) is 7. The minimum Gasteiger partial charge on any atom is -0.494 e. The zero-order chi connectivity index (χ0) is 23.7. The van der Waals surface area contributed by atoms with Gasteiger partial charge in [-0.15, -0.1) is 11.3 Å². The van der Waals surface area contributed by atoms with Gasteiger partial charge in [-0.25, -0.2) is 9.79 Å². The van der Waals surface area contributed by atoms with E-state index < -0.39 is 12.0 Å². The maximum Gasteiger partial charge on any atom is 0.338 e. The van der Waals surface area contributed by atoms with Crippen LogP contribution >= 0.6 is 22.7 Å². The largest absolute Gasteiger partial charge is 0.494 e. The van der Waals surface area contributed by atoms with Crippen LogP contribution in [0.15, 0.2) is 56.8 Å². The van der Waals surface area contributed by atoms with Crippen molar-refractivity contribution in [2.75, 3.05) is 6.61 Å². The highest BCUT2D eigenvalue weighted by Crippen LogP contribution is 2.32. The van der Waals surface area contributed by atoms with Crippen LogP contribution in [0.2, 0.25) is 0 Å². The Balaban J connectivity index is 1.92. The van der Waals surface area contributed by atoms with Crippen LogP contribution in [0.5, 0.6) is 5.75 Å². The summed E-state index contributed by atoms with van der Waals surface area (Å²) in [4.78, 5) is 32.9. The van der Waals surface area contributed by atoms with Gasteiger partial charge in [-0.3, -0.25) is 9.36 Å². The van der Waals surface area contributed by atoms with Gasteiger partial charge in [0, 0.05) is 4.88 Å². The predicted octanol–water partition coefficient (Wildman–Crippen LogP) is 3.96. The van der Waals surface area contributed by atoms with Crippen molar-refractivity contribution >= 4 is 34.7 Å². The first-order valence-electron chi connectivity index (χ1n) is 10.8. The second kappa shape index (κ2) is 9.49. The lowest BCUT2D eigenvalue weighted by Gasteiger charge is -2.25. The normalized spacial score (nSPS) is 16.1. The van der Waals surface area contributed by atoms with E-state index in [1.165, 1.54) is 11.3 Å². The molecule has 3 aromatic rings. The molecule has 0 unspecified atom stereocenters. The third-order valence-electron chi connectivity index (χ3n) is 5.26. The third-order valence-corrected chi connectivity index (χ3v) is 7.20. The highest BCUT2D eigenvalue weighted by Gasteiger charge is 2.33. The molecule has 1 atom stereocenters. The van der Waals surface area contributed by atoms with Crippen molar-refractivity contribution in [3.05, 3.63) is 82.7 Å². The van der Waals surface area contributed by atoms with Gasteiger partial charge in [-0.05, 0) is 75.4 Å². The number of aromatic nitrogens is 1. The van der Waals surface area contributed by atoms with E-state index in [0.29, 0.717) is 27.2 Å². The SMILES string of the molecule is CCOc1ccc([C@@H]2C(C(=O)OC(C)C)=C(C)N=c3s/c(=C/c4sccc4C)c(=O)n32)cc1. The maximum atomic E-state index is 13.6. The van der Waals surface area contributed by atoms with Crippen LogP contribution in [0, 0.1) is 6.92 Å². The van der Waals surface area contributed by atoms with E-state index in [1.54, 1.807) is 36.7 Å². The number of benzene rings is 1. The molecule has 3 heterocycles. The Morgan fingerprint density at radius 2 is 1.94 bits per heavy atom. The summed E-state index contributed by atoms with van der Waals surface area (Å²) in [6, 6.07) is 8.87. The Morgan fingerprint density at radius 3 is 2.55 bits per heavy atom. The predicted molar refractivity (Wildman–Crippen MR) is 132 cm³/mol. The second-order valence-electron chi connectivity index (χ2n) is 8.01. The van der Waals surface area contributed by atoms with Crippen molar-refractivity contribution in [3.63, 3.8) is 0 Å². The van der Waals surface area contributed by atoms with Gasteiger partial charge in [-0.1, -0.05) is 23.5 Å². The van der Waals surface area contributed by atoms with Crippen LogP contribution < -0.4 is 19.6 Å². The van der Waals surface area contributed by atoms with Gasteiger partial charge >= 0.3 is 5.97 Å². The first kappa shape index (κ1) is 23.2. The van der Waals surface area contributed by atoms with E-state index in [-0.39, 0.29) is 11.7 Å². The Morgan fingerprint density at radius 1 is 1.21 bits per heavy atom. The summed E-state index contributed by atoms with van der Waals surface area (Å²) in [5.41, 5.74) is 2.67. The van der Waals surface area contributed by atoms with Crippen molar-refractivity contribution in [1.29, 1.82) is 0 Å². The number of ether oxygens (including phenoxy) is 2. The number of carbonyl (C=O) groups is 1. The molecule has 0 aliphatic carbocycles. The molecule has 172 valence electrons. The number of esters is 1. The zero-order valence-electron chi connectivity index (χ0n) is 19.2. The van der Waals surface area contributed by atoms with Crippen LogP contribution in [0.4, 0.5) is 0 Å². The van der Waals surface area contributed by atoms with Gasteiger partial charge in [0.05, 0.1) is 34.6 Å². The average molecular weight is 483 g/mol. The molecule has 8 heteroatoms. The van der Waals surface area contributed by atoms with Crippen LogP contribution in [0.3, 0.4) is 0 Å². The molecule has 6 nitrogen and oxygen atoms in total. The summed E-state index contributed by atoms with van der Waals surface area (Å²) in [5, 5.41) is 2.01. The van der Waals surface area contributed by atoms with Crippen LogP contribution in [-0.4, -0.2) is 23.2 Å². The molecule has 0 radical (unpaired) electrons. The maximum absolute atomic E-state index is 13.6. The Labute approximate surface area is 200 Å². The van der Waals surface area contributed by atoms with E-state index in [2.05, 4.69) is 4.99 Å². The minimum atomic E-state index is -0.630. The van der Waals surface area contributed by atoms with Gasteiger partial charge in [0.25, 0.3) is 5.56 Å². The van der Waals surface area contributed by atoms with Crippen LogP contribution in [0.1, 0.15) is 49.7 Å². The molecule has 0 amide bonds. The number of hydrogen-bond donors (Lipinski definition) is 0. The number of thiophene rings is 1. The molecule has 0 fully saturated rings. The topological polar surface area (TPSA) is 69.9 Å². The van der Waals surface area contributed by atoms with Gasteiger partial charge in [0.2, 0.25) is 0 Å². The van der Waals surface area contributed by atoms with Crippen LogP contribution in [-0.2, 0) is 9.53 Å². The lowest BCUT2D eigenvalue weighted by atomic mass is 9.96. The van der Waals surface area contributed by atoms with Gasteiger partial charge < -0.3 is 9.47 Å².